The van der Waals surface area contributed by atoms with Crippen LogP contribution in [0, 0.1) is 0 Å². The molecule has 6 heteroatoms. The van der Waals surface area contributed by atoms with E-state index in [1.165, 1.54) is 6.07 Å². The lowest BCUT2D eigenvalue weighted by molar-refractivity contribution is 0.0698. The van der Waals surface area contributed by atoms with E-state index in [9.17, 15) is 9.90 Å². The molecular weight excluding hydrogens is 272 g/mol. The van der Waals surface area contributed by atoms with Crippen LogP contribution >= 0.6 is 23.4 Å². The van der Waals surface area contributed by atoms with E-state index in [-0.39, 0.29) is 11.6 Å². The molecule has 0 saturated carbocycles. The second-order valence-corrected chi connectivity index (χ2v) is 5.89. The molecule has 0 aliphatic carbocycles. The molecule has 2 rings (SSSR count). The summed E-state index contributed by atoms with van der Waals surface area (Å²) in [5.41, 5.74) is 6.60. The predicted octanol–water partition coefficient (Wildman–Crippen LogP) is 2.93. The molecule has 0 spiro atoms. The number of carboxylic acid groups (broad SMARTS) is 1. The zero-order chi connectivity index (χ0) is 13.1. The highest BCUT2D eigenvalue weighted by Crippen LogP contribution is 2.31. The number of nitrogen functional groups attached to an aromatic ring is 1. The van der Waals surface area contributed by atoms with E-state index in [2.05, 4.69) is 5.32 Å². The van der Waals surface area contributed by atoms with Gasteiger partial charge in [0.15, 0.2) is 0 Å². The normalized spacial score (nSPS) is 16.5. The maximum atomic E-state index is 11.2. The van der Waals surface area contributed by atoms with Gasteiger partial charge in [0.1, 0.15) is 0 Å². The molecule has 1 aliphatic rings. The number of nitrogens with two attached hydrogens (primary N) is 1. The predicted molar refractivity (Wildman–Crippen MR) is 76.8 cm³/mol. The lowest BCUT2D eigenvalue weighted by Gasteiger charge is -2.25. The number of hydrogen-bond acceptors (Lipinski definition) is 4. The Balaban J connectivity index is 2.27. The van der Waals surface area contributed by atoms with Gasteiger partial charge in [-0.15, -0.1) is 0 Å². The van der Waals surface area contributed by atoms with Gasteiger partial charge in [-0.25, -0.2) is 4.79 Å². The van der Waals surface area contributed by atoms with Crippen LogP contribution in [0.5, 0.6) is 0 Å². The minimum atomic E-state index is -1.02. The summed E-state index contributed by atoms with van der Waals surface area (Å²) in [7, 11) is 0. The Labute approximate surface area is 115 Å². The molecule has 1 saturated heterocycles. The Morgan fingerprint density at radius 2 is 2.11 bits per heavy atom. The van der Waals surface area contributed by atoms with E-state index >= 15 is 0 Å². The van der Waals surface area contributed by atoms with Crippen LogP contribution in [-0.2, 0) is 0 Å². The van der Waals surface area contributed by atoms with Crippen LogP contribution in [-0.4, -0.2) is 28.6 Å². The topological polar surface area (TPSA) is 75.3 Å². The second-order valence-electron chi connectivity index (χ2n) is 4.26. The van der Waals surface area contributed by atoms with Crippen LogP contribution < -0.4 is 11.1 Å². The standard InChI is InChI=1S/C12H15ClN2O2S/c13-10-6-7(14)5-9(12(16)17)11(10)15-8-1-3-18-4-2-8/h5-6,8,15H,1-4,14H2,(H,16,17). The first kappa shape index (κ1) is 13.4. The third-order valence-electron chi connectivity index (χ3n) is 2.91. The molecule has 0 bridgehead atoms. The summed E-state index contributed by atoms with van der Waals surface area (Å²) in [5.74, 6) is 1.16. The summed E-state index contributed by atoms with van der Waals surface area (Å²) in [6, 6.07) is 3.30. The van der Waals surface area contributed by atoms with E-state index in [0.717, 1.165) is 24.3 Å². The third-order valence-corrected chi connectivity index (χ3v) is 4.26. The number of benzene rings is 1. The highest BCUT2D eigenvalue weighted by molar-refractivity contribution is 7.99. The number of nitrogens with one attached hydrogen (secondary N) is 1. The highest BCUT2D eigenvalue weighted by atomic mass is 35.5. The Kier molecular flexibility index (Phi) is 4.24. The average molecular weight is 287 g/mol. The fourth-order valence-electron chi connectivity index (χ4n) is 1.99. The molecule has 1 aromatic rings. The summed E-state index contributed by atoms with van der Waals surface area (Å²) in [6.07, 6.45) is 2.04. The first-order valence-corrected chi connectivity index (χ1v) is 7.28. The Morgan fingerprint density at radius 1 is 1.44 bits per heavy atom. The van der Waals surface area contributed by atoms with Gasteiger partial charge in [-0.2, -0.15) is 11.8 Å². The van der Waals surface area contributed by atoms with Gasteiger partial charge < -0.3 is 16.2 Å². The van der Waals surface area contributed by atoms with E-state index < -0.39 is 5.97 Å². The minimum Gasteiger partial charge on any atom is -0.478 e. The van der Waals surface area contributed by atoms with Crippen molar-refractivity contribution in [3.05, 3.63) is 22.7 Å². The first-order chi connectivity index (χ1) is 8.58. The smallest absolute Gasteiger partial charge is 0.337 e. The number of hydrogen-bond donors (Lipinski definition) is 3. The van der Waals surface area contributed by atoms with Gasteiger partial charge in [0, 0.05) is 11.7 Å². The van der Waals surface area contributed by atoms with Gasteiger partial charge in [-0.05, 0) is 36.5 Å². The average Bonchev–Trinajstić information content (AvgIpc) is 2.33. The van der Waals surface area contributed by atoms with Crippen LogP contribution in [0.15, 0.2) is 12.1 Å². The summed E-state index contributed by atoms with van der Waals surface area (Å²) in [4.78, 5) is 11.2. The molecule has 18 heavy (non-hydrogen) atoms. The van der Waals surface area contributed by atoms with Gasteiger partial charge >= 0.3 is 5.97 Å². The van der Waals surface area contributed by atoms with Gasteiger partial charge in [-0.3, -0.25) is 0 Å². The molecule has 1 fully saturated rings. The van der Waals surface area contributed by atoms with Crippen molar-refractivity contribution in [3.63, 3.8) is 0 Å². The van der Waals surface area contributed by atoms with Crippen molar-refractivity contribution in [1.82, 2.24) is 0 Å². The number of rotatable bonds is 3. The van der Waals surface area contributed by atoms with Crippen LogP contribution in [0.2, 0.25) is 5.02 Å². The van der Waals surface area contributed by atoms with Crippen LogP contribution in [0.25, 0.3) is 0 Å². The summed E-state index contributed by atoms with van der Waals surface area (Å²) < 4.78 is 0. The molecule has 4 nitrogen and oxygen atoms in total. The summed E-state index contributed by atoms with van der Waals surface area (Å²) in [6.45, 7) is 0. The fraction of sp³-hybridized carbons (Fsp3) is 0.417. The zero-order valence-electron chi connectivity index (χ0n) is 9.78. The Morgan fingerprint density at radius 3 is 2.72 bits per heavy atom. The Bertz CT molecular complexity index is 462. The van der Waals surface area contributed by atoms with Gasteiger partial charge in [-0.1, -0.05) is 11.6 Å². The lowest BCUT2D eigenvalue weighted by atomic mass is 10.1. The van der Waals surface area contributed by atoms with Crippen LogP contribution in [0.4, 0.5) is 11.4 Å². The monoisotopic (exact) mass is 286 g/mol. The zero-order valence-corrected chi connectivity index (χ0v) is 11.4. The van der Waals surface area contributed by atoms with Crippen molar-refractivity contribution >= 4 is 40.7 Å². The van der Waals surface area contributed by atoms with Crippen molar-refractivity contribution in [3.8, 4) is 0 Å². The minimum absolute atomic E-state index is 0.137. The molecule has 1 aliphatic heterocycles. The van der Waals surface area contributed by atoms with E-state index in [4.69, 9.17) is 17.3 Å². The van der Waals surface area contributed by atoms with Crippen molar-refractivity contribution in [2.45, 2.75) is 18.9 Å². The Hall–Kier alpha value is -1.07. The number of carbonyl (C=O) groups is 1. The largest absolute Gasteiger partial charge is 0.478 e. The number of thioether (sulfide) groups is 1. The summed E-state index contributed by atoms with van der Waals surface area (Å²) >= 11 is 8.00. The van der Waals surface area contributed by atoms with Gasteiger partial charge in [0.25, 0.3) is 0 Å². The van der Waals surface area contributed by atoms with E-state index in [0.29, 0.717) is 16.4 Å². The highest BCUT2D eigenvalue weighted by Gasteiger charge is 2.19. The van der Waals surface area contributed by atoms with E-state index in [1.54, 1.807) is 6.07 Å². The number of halogens is 1. The summed E-state index contributed by atoms with van der Waals surface area (Å²) in [5, 5.41) is 12.8. The quantitative estimate of drug-likeness (QED) is 0.745. The molecule has 1 heterocycles. The molecule has 0 unspecified atom stereocenters. The van der Waals surface area contributed by atoms with Crippen molar-refractivity contribution in [2.24, 2.45) is 0 Å². The molecule has 0 radical (unpaired) electrons. The second kappa shape index (κ2) is 5.71. The third kappa shape index (κ3) is 3.03. The number of aromatic carboxylic acids is 1. The number of anilines is 2. The first-order valence-electron chi connectivity index (χ1n) is 5.74. The van der Waals surface area contributed by atoms with Crippen molar-refractivity contribution < 1.29 is 9.90 Å². The molecule has 1 aromatic carbocycles. The van der Waals surface area contributed by atoms with Gasteiger partial charge in [0.2, 0.25) is 0 Å². The molecular formula is C12H15ClN2O2S. The van der Waals surface area contributed by atoms with E-state index in [1.807, 2.05) is 11.8 Å². The lowest BCUT2D eigenvalue weighted by Crippen LogP contribution is -2.25. The molecule has 4 N–H and O–H groups in total. The molecule has 0 aromatic heterocycles. The molecule has 0 amide bonds. The molecule has 0 atom stereocenters. The molecule has 98 valence electrons. The van der Waals surface area contributed by atoms with Gasteiger partial charge in [0.05, 0.1) is 16.3 Å². The van der Waals surface area contributed by atoms with Crippen molar-refractivity contribution in [1.29, 1.82) is 0 Å². The maximum Gasteiger partial charge on any atom is 0.337 e. The SMILES string of the molecule is Nc1cc(Cl)c(NC2CCSCC2)c(C(=O)O)c1. The number of carboxylic acids is 1. The maximum absolute atomic E-state index is 11.2. The fourth-order valence-corrected chi connectivity index (χ4v) is 3.38. The van der Waals surface area contributed by atoms with Crippen LogP contribution in [0.3, 0.4) is 0 Å². The van der Waals surface area contributed by atoms with Crippen molar-refractivity contribution in [2.75, 3.05) is 22.6 Å². The van der Waals surface area contributed by atoms with Crippen LogP contribution in [0.1, 0.15) is 23.2 Å².